The Morgan fingerprint density at radius 3 is 2.86 bits per heavy atom. The number of pyridine rings is 1. The number of carbonyl (C=O) groups is 1. The monoisotopic (exact) mass is 369 g/mol. The van der Waals surface area contributed by atoms with E-state index in [0.717, 1.165) is 36.1 Å². The van der Waals surface area contributed by atoms with Crippen LogP contribution in [-0.2, 0) is 4.74 Å². The van der Waals surface area contributed by atoms with Gasteiger partial charge in [-0.15, -0.1) is 0 Å². The Hall–Kier alpha value is -1.30. The normalized spacial score (nSPS) is 18.9. The minimum absolute atomic E-state index is 0.159. The number of nitrogens with one attached hydrogen (secondary N) is 1. The van der Waals surface area contributed by atoms with Crippen LogP contribution in [0.25, 0.3) is 0 Å². The second kappa shape index (κ2) is 7.31. The summed E-state index contributed by atoms with van der Waals surface area (Å²) in [6.45, 7) is 7.17. The molecule has 0 radical (unpaired) electrons. The highest BCUT2D eigenvalue weighted by molar-refractivity contribution is 9.10. The van der Waals surface area contributed by atoms with Crippen LogP contribution in [0.3, 0.4) is 0 Å². The van der Waals surface area contributed by atoms with Crippen LogP contribution >= 0.6 is 15.9 Å². The molecule has 1 amide bonds. The molecule has 2 rings (SSSR count). The number of carbonyl (C=O) groups excluding carboxylic acids is 1. The van der Waals surface area contributed by atoms with E-state index in [1.54, 1.807) is 6.20 Å². The number of nitrogens with zero attached hydrogens (tertiary/aromatic N) is 2. The molecular weight excluding hydrogens is 346 g/mol. The SMILES string of the molecule is CC(C)(C)OC(=O)N1CCCCC1CNc1ccc(Br)nc1. The molecule has 6 heteroatoms. The van der Waals surface area contributed by atoms with E-state index in [2.05, 4.69) is 26.2 Å². The van der Waals surface area contributed by atoms with E-state index in [-0.39, 0.29) is 12.1 Å². The van der Waals surface area contributed by atoms with Crippen LogP contribution in [0, 0.1) is 0 Å². The number of hydrogen-bond acceptors (Lipinski definition) is 4. The molecule has 0 bridgehead atoms. The van der Waals surface area contributed by atoms with Crippen molar-refractivity contribution in [2.45, 2.75) is 51.7 Å². The largest absolute Gasteiger partial charge is 0.444 e. The fourth-order valence-corrected chi connectivity index (χ4v) is 2.72. The van der Waals surface area contributed by atoms with Gasteiger partial charge in [0.2, 0.25) is 0 Å². The van der Waals surface area contributed by atoms with Gasteiger partial charge in [0, 0.05) is 13.1 Å². The Kier molecular flexibility index (Phi) is 5.67. The smallest absolute Gasteiger partial charge is 0.410 e. The lowest BCUT2D eigenvalue weighted by molar-refractivity contribution is 0.0114. The van der Waals surface area contributed by atoms with E-state index in [0.29, 0.717) is 6.54 Å². The molecule has 1 saturated heterocycles. The number of anilines is 1. The molecule has 1 unspecified atom stereocenters. The van der Waals surface area contributed by atoms with E-state index in [4.69, 9.17) is 4.74 Å². The van der Waals surface area contributed by atoms with Gasteiger partial charge in [-0.1, -0.05) is 0 Å². The Labute approximate surface area is 140 Å². The highest BCUT2D eigenvalue weighted by Crippen LogP contribution is 2.21. The zero-order valence-corrected chi connectivity index (χ0v) is 15.0. The summed E-state index contributed by atoms with van der Waals surface area (Å²) >= 11 is 3.32. The Balaban J connectivity index is 1.94. The third-order valence-corrected chi connectivity index (χ3v) is 3.99. The second-order valence-corrected chi connectivity index (χ2v) is 7.39. The first-order valence-electron chi connectivity index (χ1n) is 7.70. The van der Waals surface area contributed by atoms with Gasteiger partial charge >= 0.3 is 6.09 Å². The maximum atomic E-state index is 12.3. The summed E-state index contributed by atoms with van der Waals surface area (Å²) in [6.07, 6.45) is 4.74. The molecule has 0 saturated carbocycles. The number of aromatic nitrogens is 1. The highest BCUT2D eigenvalue weighted by Gasteiger charge is 2.30. The van der Waals surface area contributed by atoms with Gasteiger partial charge in [-0.2, -0.15) is 0 Å². The molecule has 1 aromatic heterocycles. The molecule has 122 valence electrons. The molecule has 1 N–H and O–H groups in total. The summed E-state index contributed by atoms with van der Waals surface area (Å²) in [4.78, 5) is 18.4. The number of amides is 1. The zero-order chi connectivity index (χ0) is 16.2. The lowest BCUT2D eigenvalue weighted by atomic mass is 10.0. The van der Waals surface area contributed by atoms with Crippen LogP contribution in [-0.4, -0.2) is 40.7 Å². The molecule has 1 aliphatic rings. The Morgan fingerprint density at radius 1 is 1.45 bits per heavy atom. The number of rotatable bonds is 3. The highest BCUT2D eigenvalue weighted by atomic mass is 79.9. The summed E-state index contributed by atoms with van der Waals surface area (Å²) in [5.41, 5.74) is 0.500. The molecule has 1 aliphatic heterocycles. The van der Waals surface area contributed by atoms with Crippen molar-refractivity contribution in [1.29, 1.82) is 0 Å². The van der Waals surface area contributed by atoms with E-state index in [1.165, 1.54) is 0 Å². The summed E-state index contributed by atoms with van der Waals surface area (Å²) in [5.74, 6) is 0. The molecule has 5 nitrogen and oxygen atoms in total. The minimum Gasteiger partial charge on any atom is -0.444 e. The number of ether oxygens (including phenoxy) is 1. The molecule has 0 aromatic carbocycles. The molecule has 1 atom stereocenters. The molecular formula is C16H24BrN3O2. The van der Waals surface area contributed by atoms with E-state index < -0.39 is 5.60 Å². The van der Waals surface area contributed by atoms with Gasteiger partial charge in [0.1, 0.15) is 10.2 Å². The van der Waals surface area contributed by atoms with Gasteiger partial charge in [0.15, 0.2) is 0 Å². The third-order valence-electron chi connectivity index (χ3n) is 3.52. The average Bonchev–Trinajstić information content (AvgIpc) is 2.45. The van der Waals surface area contributed by atoms with Gasteiger partial charge in [0.05, 0.1) is 17.9 Å². The summed E-state index contributed by atoms with van der Waals surface area (Å²) in [7, 11) is 0. The maximum Gasteiger partial charge on any atom is 0.410 e. The van der Waals surface area contributed by atoms with E-state index in [1.807, 2.05) is 37.8 Å². The predicted octanol–water partition coefficient (Wildman–Crippen LogP) is 4.05. The number of piperidine rings is 1. The first kappa shape index (κ1) is 17.1. The molecule has 22 heavy (non-hydrogen) atoms. The lowest BCUT2D eigenvalue weighted by Crippen LogP contribution is -2.48. The van der Waals surface area contributed by atoms with Gasteiger partial charge < -0.3 is 15.0 Å². The number of halogens is 1. The quantitative estimate of drug-likeness (QED) is 0.816. The van der Waals surface area contributed by atoms with Gasteiger partial charge in [-0.3, -0.25) is 0 Å². The van der Waals surface area contributed by atoms with Crippen molar-refractivity contribution in [2.24, 2.45) is 0 Å². The Morgan fingerprint density at radius 2 is 2.23 bits per heavy atom. The molecule has 1 fully saturated rings. The molecule has 2 heterocycles. The van der Waals surface area contributed by atoms with Crippen molar-refractivity contribution >= 4 is 27.7 Å². The number of hydrogen-bond donors (Lipinski definition) is 1. The standard InChI is InChI=1S/C16H24BrN3O2/c1-16(2,3)22-15(21)20-9-5-4-6-13(20)11-18-12-7-8-14(17)19-10-12/h7-8,10,13,18H,4-6,9,11H2,1-3H3. The topological polar surface area (TPSA) is 54.5 Å². The molecule has 0 aliphatic carbocycles. The predicted molar refractivity (Wildman–Crippen MR) is 91.0 cm³/mol. The van der Waals surface area contributed by atoms with Crippen molar-refractivity contribution in [1.82, 2.24) is 9.88 Å². The first-order chi connectivity index (χ1) is 10.3. The van der Waals surface area contributed by atoms with Gasteiger partial charge in [0.25, 0.3) is 0 Å². The maximum absolute atomic E-state index is 12.3. The van der Waals surface area contributed by atoms with Crippen LogP contribution in [0.4, 0.5) is 10.5 Å². The van der Waals surface area contributed by atoms with Crippen LogP contribution in [0.5, 0.6) is 0 Å². The van der Waals surface area contributed by atoms with Crippen LogP contribution in [0.2, 0.25) is 0 Å². The average molecular weight is 370 g/mol. The lowest BCUT2D eigenvalue weighted by Gasteiger charge is -2.37. The van der Waals surface area contributed by atoms with Crippen molar-refractivity contribution in [2.75, 3.05) is 18.4 Å². The Bertz CT molecular complexity index is 499. The number of likely N-dealkylation sites (tertiary alicyclic amines) is 1. The van der Waals surface area contributed by atoms with E-state index in [9.17, 15) is 4.79 Å². The fraction of sp³-hybridized carbons (Fsp3) is 0.625. The minimum atomic E-state index is -0.456. The van der Waals surface area contributed by atoms with Crippen LogP contribution < -0.4 is 5.32 Å². The van der Waals surface area contributed by atoms with Gasteiger partial charge in [-0.05, 0) is 68.1 Å². The fourth-order valence-electron chi connectivity index (χ4n) is 2.49. The molecule has 0 spiro atoms. The van der Waals surface area contributed by atoms with Crippen molar-refractivity contribution in [3.05, 3.63) is 22.9 Å². The van der Waals surface area contributed by atoms with Crippen LogP contribution in [0.15, 0.2) is 22.9 Å². The molecule has 1 aromatic rings. The second-order valence-electron chi connectivity index (χ2n) is 6.57. The van der Waals surface area contributed by atoms with Crippen molar-refractivity contribution < 1.29 is 9.53 Å². The van der Waals surface area contributed by atoms with Crippen molar-refractivity contribution in [3.8, 4) is 0 Å². The van der Waals surface area contributed by atoms with E-state index >= 15 is 0 Å². The van der Waals surface area contributed by atoms with Crippen LogP contribution in [0.1, 0.15) is 40.0 Å². The third kappa shape index (κ3) is 5.16. The summed E-state index contributed by atoms with van der Waals surface area (Å²) in [6, 6.07) is 4.03. The van der Waals surface area contributed by atoms with Crippen molar-refractivity contribution in [3.63, 3.8) is 0 Å². The summed E-state index contributed by atoms with van der Waals surface area (Å²) < 4.78 is 6.33. The first-order valence-corrected chi connectivity index (χ1v) is 8.49. The zero-order valence-electron chi connectivity index (χ0n) is 13.4. The van der Waals surface area contributed by atoms with Gasteiger partial charge in [-0.25, -0.2) is 9.78 Å². The summed E-state index contributed by atoms with van der Waals surface area (Å²) in [5, 5.41) is 3.36.